The van der Waals surface area contributed by atoms with E-state index >= 15 is 0 Å². The largest absolute Gasteiger partial charge is 0.487 e. The average molecular weight is 170 g/mol. The van der Waals surface area contributed by atoms with Crippen molar-refractivity contribution in [2.45, 2.75) is 26.2 Å². The standard InChI is InChI=1S/C9H14OS/c1-9(2,3)7-5-8(10-4)11-6-7/h5-6H,1-4H3. The van der Waals surface area contributed by atoms with Gasteiger partial charge >= 0.3 is 0 Å². The van der Waals surface area contributed by atoms with Gasteiger partial charge in [-0.25, -0.2) is 0 Å². The maximum atomic E-state index is 5.11. The zero-order valence-electron chi connectivity index (χ0n) is 7.47. The quantitative estimate of drug-likeness (QED) is 0.629. The maximum Gasteiger partial charge on any atom is 0.173 e. The lowest BCUT2D eigenvalue weighted by atomic mass is 9.89. The topological polar surface area (TPSA) is 9.23 Å². The molecule has 1 nitrogen and oxygen atoms in total. The van der Waals surface area contributed by atoms with E-state index in [1.807, 2.05) is 0 Å². The molecule has 0 saturated carbocycles. The second-order valence-electron chi connectivity index (χ2n) is 3.61. The van der Waals surface area contributed by atoms with Gasteiger partial charge < -0.3 is 4.74 Å². The second-order valence-corrected chi connectivity index (χ2v) is 4.48. The Balaban J connectivity index is 2.89. The van der Waals surface area contributed by atoms with E-state index in [4.69, 9.17) is 4.74 Å². The van der Waals surface area contributed by atoms with E-state index in [9.17, 15) is 0 Å². The van der Waals surface area contributed by atoms with Gasteiger partial charge in [-0.05, 0) is 22.4 Å². The molecule has 0 spiro atoms. The minimum Gasteiger partial charge on any atom is -0.487 e. The molecule has 62 valence electrons. The Morgan fingerprint density at radius 2 is 2.00 bits per heavy atom. The molecule has 0 aliphatic heterocycles. The zero-order chi connectivity index (χ0) is 8.48. The van der Waals surface area contributed by atoms with Crippen LogP contribution in [0.15, 0.2) is 11.4 Å². The molecule has 0 bridgehead atoms. The molecule has 0 radical (unpaired) electrons. The average Bonchev–Trinajstić information content (AvgIpc) is 2.32. The van der Waals surface area contributed by atoms with Gasteiger partial charge in [-0.15, -0.1) is 11.3 Å². The predicted molar refractivity (Wildman–Crippen MR) is 49.6 cm³/mol. The molecule has 0 unspecified atom stereocenters. The lowest BCUT2D eigenvalue weighted by Gasteiger charge is -2.15. The normalized spacial score (nSPS) is 11.6. The van der Waals surface area contributed by atoms with E-state index in [1.54, 1.807) is 18.4 Å². The Kier molecular flexibility index (Phi) is 2.23. The highest BCUT2D eigenvalue weighted by molar-refractivity contribution is 7.12. The highest BCUT2D eigenvalue weighted by Gasteiger charge is 2.15. The van der Waals surface area contributed by atoms with E-state index in [0.29, 0.717) is 0 Å². The highest BCUT2D eigenvalue weighted by Crippen LogP contribution is 2.31. The summed E-state index contributed by atoms with van der Waals surface area (Å²) < 4.78 is 5.11. The van der Waals surface area contributed by atoms with Crippen LogP contribution in [0.2, 0.25) is 0 Å². The number of rotatable bonds is 1. The van der Waals surface area contributed by atoms with Crippen LogP contribution in [0.4, 0.5) is 0 Å². The first-order chi connectivity index (χ1) is 5.04. The van der Waals surface area contributed by atoms with Gasteiger partial charge in [0.1, 0.15) is 0 Å². The number of methoxy groups -OCH3 is 1. The number of hydrogen-bond donors (Lipinski definition) is 0. The summed E-state index contributed by atoms with van der Waals surface area (Å²) in [4.78, 5) is 0. The molecule has 0 amide bonds. The third-order valence-electron chi connectivity index (χ3n) is 1.64. The Morgan fingerprint density at radius 1 is 1.36 bits per heavy atom. The van der Waals surface area contributed by atoms with Crippen LogP contribution in [0, 0.1) is 0 Å². The minimum absolute atomic E-state index is 0.243. The SMILES string of the molecule is COc1cc(C(C)(C)C)cs1. The molecule has 0 aliphatic carbocycles. The monoisotopic (exact) mass is 170 g/mol. The van der Waals surface area contributed by atoms with Crippen molar-refractivity contribution < 1.29 is 4.74 Å². The van der Waals surface area contributed by atoms with Crippen LogP contribution < -0.4 is 4.74 Å². The fourth-order valence-corrected chi connectivity index (χ4v) is 1.77. The van der Waals surface area contributed by atoms with E-state index in [1.165, 1.54) is 5.56 Å². The Bertz CT molecular complexity index is 232. The van der Waals surface area contributed by atoms with Gasteiger partial charge in [-0.3, -0.25) is 0 Å². The molecule has 11 heavy (non-hydrogen) atoms. The van der Waals surface area contributed by atoms with E-state index in [0.717, 1.165) is 5.06 Å². The van der Waals surface area contributed by atoms with Crippen molar-refractivity contribution in [3.05, 3.63) is 17.0 Å². The first kappa shape index (κ1) is 8.60. The summed E-state index contributed by atoms with van der Waals surface area (Å²) in [7, 11) is 1.71. The summed E-state index contributed by atoms with van der Waals surface area (Å²) in [5.74, 6) is 0. The van der Waals surface area contributed by atoms with Crippen LogP contribution in [-0.2, 0) is 5.41 Å². The first-order valence-corrected chi connectivity index (χ1v) is 4.55. The Morgan fingerprint density at radius 3 is 2.27 bits per heavy atom. The maximum absolute atomic E-state index is 5.11. The molecule has 0 saturated heterocycles. The molecule has 0 aromatic carbocycles. The molecule has 0 fully saturated rings. The summed E-state index contributed by atoms with van der Waals surface area (Å²) in [6.45, 7) is 6.61. The fraction of sp³-hybridized carbons (Fsp3) is 0.556. The van der Waals surface area contributed by atoms with Crippen LogP contribution in [0.25, 0.3) is 0 Å². The summed E-state index contributed by atoms with van der Waals surface area (Å²) in [5, 5.41) is 3.15. The van der Waals surface area contributed by atoms with Crippen molar-refractivity contribution in [1.29, 1.82) is 0 Å². The minimum atomic E-state index is 0.243. The van der Waals surface area contributed by atoms with Gasteiger partial charge in [0.25, 0.3) is 0 Å². The van der Waals surface area contributed by atoms with Gasteiger partial charge in [0.2, 0.25) is 0 Å². The molecule has 0 atom stereocenters. The lowest BCUT2D eigenvalue weighted by Crippen LogP contribution is -2.08. The third-order valence-corrected chi connectivity index (χ3v) is 2.53. The zero-order valence-corrected chi connectivity index (χ0v) is 8.29. The van der Waals surface area contributed by atoms with Crippen LogP contribution in [0.5, 0.6) is 5.06 Å². The summed E-state index contributed by atoms with van der Waals surface area (Å²) >= 11 is 1.65. The molecule has 1 rings (SSSR count). The Labute approximate surface area is 72.0 Å². The van der Waals surface area contributed by atoms with Gasteiger partial charge in [-0.2, -0.15) is 0 Å². The van der Waals surface area contributed by atoms with Crippen molar-refractivity contribution in [1.82, 2.24) is 0 Å². The smallest absolute Gasteiger partial charge is 0.173 e. The molecule has 0 N–H and O–H groups in total. The number of hydrogen-bond acceptors (Lipinski definition) is 2. The Hall–Kier alpha value is -0.500. The first-order valence-electron chi connectivity index (χ1n) is 3.67. The summed E-state index contributed by atoms with van der Waals surface area (Å²) in [5.41, 5.74) is 1.59. The van der Waals surface area contributed by atoms with Gasteiger partial charge in [0.05, 0.1) is 7.11 Å². The van der Waals surface area contributed by atoms with E-state index in [-0.39, 0.29) is 5.41 Å². The van der Waals surface area contributed by atoms with E-state index < -0.39 is 0 Å². The number of thiophene rings is 1. The lowest BCUT2D eigenvalue weighted by molar-refractivity contribution is 0.426. The van der Waals surface area contributed by atoms with E-state index in [2.05, 4.69) is 32.2 Å². The molecular formula is C9H14OS. The van der Waals surface area contributed by atoms with Gasteiger partial charge in [0.15, 0.2) is 5.06 Å². The van der Waals surface area contributed by atoms with Crippen molar-refractivity contribution in [2.24, 2.45) is 0 Å². The highest BCUT2D eigenvalue weighted by atomic mass is 32.1. The molecule has 0 aliphatic rings. The van der Waals surface area contributed by atoms with Crippen LogP contribution in [-0.4, -0.2) is 7.11 Å². The van der Waals surface area contributed by atoms with Crippen molar-refractivity contribution in [3.8, 4) is 5.06 Å². The molecule has 2 heteroatoms. The second kappa shape index (κ2) is 2.86. The summed E-state index contributed by atoms with van der Waals surface area (Å²) in [6.07, 6.45) is 0. The molecule has 1 aromatic heterocycles. The molecule has 1 aromatic rings. The fourth-order valence-electron chi connectivity index (χ4n) is 0.817. The summed E-state index contributed by atoms with van der Waals surface area (Å²) in [6, 6.07) is 2.10. The number of ether oxygens (including phenoxy) is 1. The third kappa shape index (κ3) is 1.96. The van der Waals surface area contributed by atoms with Gasteiger partial charge in [-0.1, -0.05) is 20.8 Å². The molecular weight excluding hydrogens is 156 g/mol. The van der Waals surface area contributed by atoms with Crippen molar-refractivity contribution in [3.63, 3.8) is 0 Å². The van der Waals surface area contributed by atoms with Gasteiger partial charge in [0, 0.05) is 0 Å². The molecule has 1 heterocycles. The van der Waals surface area contributed by atoms with Crippen LogP contribution in [0.3, 0.4) is 0 Å². The van der Waals surface area contributed by atoms with Crippen molar-refractivity contribution >= 4 is 11.3 Å². The van der Waals surface area contributed by atoms with Crippen molar-refractivity contribution in [2.75, 3.05) is 7.11 Å². The predicted octanol–water partition coefficient (Wildman–Crippen LogP) is 3.05. The van der Waals surface area contributed by atoms with Crippen LogP contribution >= 0.6 is 11.3 Å². The van der Waals surface area contributed by atoms with Crippen LogP contribution in [0.1, 0.15) is 26.3 Å².